The largest absolute Gasteiger partial charge is 0.324 e. The Morgan fingerprint density at radius 3 is 2.58 bits per heavy atom. The zero-order valence-electron chi connectivity index (χ0n) is 13.1. The molecule has 2 amide bonds. The lowest BCUT2D eigenvalue weighted by atomic mass is 10.1. The summed E-state index contributed by atoms with van der Waals surface area (Å²) in [6.45, 7) is 1.67. The lowest BCUT2D eigenvalue weighted by molar-refractivity contribution is -0.120. The minimum atomic E-state index is -0.260. The van der Waals surface area contributed by atoms with Crippen LogP contribution in [0.15, 0.2) is 53.9 Å². The Morgan fingerprint density at radius 1 is 1.17 bits per heavy atom. The van der Waals surface area contributed by atoms with Crippen LogP contribution < -0.4 is 10.7 Å². The number of halogens is 1. The Hall–Kier alpha value is -2.73. The molecule has 0 unspecified atom stereocenters. The fourth-order valence-corrected chi connectivity index (χ4v) is 2.02. The average molecular weight is 345 g/mol. The van der Waals surface area contributed by atoms with Gasteiger partial charge in [0.05, 0.1) is 24.7 Å². The number of nitrogens with zero attached hydrogens (tertiary/aromatic N) is 2. The molecule has 0 fully saturated rings. The van der Waals surface area contributed by atoms with Crippen LogP contribution in [0.3, 0.4) is 0 Å². The summed E-state index contributed by atoms with van der Waals surface area (Å²) in [6.07, 6.45) is 3.45. The number of hydrazone groups is 1. The number of nitrogens with one attached hydrogen (secondary N) is 2. The number of carbonyl (C=O) groups excluding carboxylic acids is 2. The standard InChI is InChI=1S/C17H17ClN4O2/c1-12(9-16(23)20-15-3-2-8-19-11-15)21-22-17(24)10-13-4-6-14(18)7-5-13/h2-8,11H,9-10H2,1H3,(H,20,23)(H,22,24)/b21-12+. The third kappa shape index (κ3) is 6.18. The van der Waals surface area contributed by atoms with E-state index in [1.54, 1.807) is 55.7 Å². The molecule has 1 aromatic heterocycles. The summed E-state index contributed by atoms with van der Waals surface area (Å²) in [7, 11) is 0. The minimum absolute atomic E-state index is 0.0795. The van der Waals surface area contributed by atoms with Crippen molar-refractivity contribution < 1.29 is 9.59 Å². The molecule has 24 heavy (non-hydrogen) atoms. The molecule has 0 aliphatic carbocycles. The molecule has 6 nitrogen and oxygen atoms in total. The van der Waals surface area contributed by atoms with Gasteiger partial charge < -0.3 is 5.32 Å². The summed E-state index contributed by atoms with van der Waals surface area (Å²) < 4.78 is 0. The van der Waals surface area contributed by atoms with Crippen LogP contribution >= 0.6 is 11.6 Å². The minimum Gasteiger partial charge on any atom is -0.324 e. The Balaban J connectivity index is 1.79. The first-order chi connectivity index (χ1) is 11.5. The van der Waals surface area contributed by atoms with Crippen LogP contribution in [0.25, 0.3) is 0 Å². The normalized spacial score (nSPS) is 11.0. The van der Waals surface area contributed by atoms with Crippen LogP contribution in [0.5, 0.6) is 0 Å². The Labute approximate surface area is 144 Å². The molecular formula is C17H17ClN4O2. The summed E-state index contributed by atoms with van der Waals surface area (Å²) in [4.78, 5) is 27.6. The van der Waals surface area contributed by atoms with Crippen molar-refractivity contribution in [1.29, 1.82) is 0 Å². The van der Waals surface area contributed by atoms with E-state index in [2.05, 4.69) is 20.8 Å². The van der Waals surface area contributed by atoms with Gasteiger partial charge >= 0.3 is 0 Å². The molecule has 0 atom stereocenters. The molecule has 0 saturated carbocycles. The highest BCUT2D eigenvalue weighted by molar-refractivity contribution is 6.30. The van der Waals surface area contributed by atoms with Gasteiger partial charge in [-0.05, 0) is 36.8 Å². The van der Waals surface area contributed by atoms with E-state index in [4.69, 9.17) is 11.6 Å². The number of carbonyl (C=O) groups is 2. The van der Waals surface area contributed by atoms with Crippen molar-refractivity contribution in [2.24, 2.45) is 5.10 Å². The summed E-state index contributed by atoms with van der Waals surface area (Å²) >= 11 is 5.79. The maximum absolute atomic E-state index is 11.8. The second-order valence-electron chi connectivity index (χ2n) is 5.15. The molecule has 2 aromatic rings. The highest BCUT2D eigenvalue weighted by Gasteiger charge is 2.06. The number of hydrogen-bond acceptors (Lipinski definition) is 4. The molecule has 0 spiro atoms. The summed E-state index contributed by atoms with van der Waals surface area (Å²) in [5.41, 5.74) is 4.38. The van der Waals surface area contributed by atoms with Gasteiger partial charge in [0, 0.05) is 16.9 Å². The lowest BCUT2D eigenvalue weighted by Crippen LogP contribution is -2.22. The number of hydrogen-bond donors (Lipinski definition) is 2. The number of amides is 2. The van der Waals surface area contributed by atoms with Crippen LogP contribution in [-0.4, -0.2) is 22.5 Å². The van der Waals surface area contributed by atoms with Gasteiger partial charge in [-0.3, -0.25) is 14.6 Å². The fraction of sp³-hybridized carbons (Fsp3) is 0.176. The molecule has 2 rings (SSSR count). The van der Waals surface area contributed by atoms with E-state index < -0.39 is 0 Å². The molecular weight excluding hydrogens is 328 g/mol. The molecule has 0 aliphatic rings. The van der Waals surface area contributed by atoms with Gasteiger partial charge in [0.15, 0.2) is 0 Å². The second-order valence-corrected chi connectivity index (χ2v) is 5.59. The van der Waals surface area contributed by atoms with Crippen LogP contribution in [0, 0.1) is 0 Å². The lowest BCUT2D eigenvalue weighted by Gasteiger charge is -2.05. The number of pyridine rings is 1. The fourth-order valence-electron chi connectivity index (χ4n) is 1.90. The zero-order valence-corrected chi connectivity index (χ0v) is 13.9. The smallest absolute Gasteiger partial charge is 0.244 e. The van der Waals surface area contributed by atoms with Gasteiger partial charge in [-0.25, -0.2) is 5.43 Å². The number of anilines is 1. The molecule has 1 heterocycles. The highest BCUT2D eigenvalue weighted by atomic mass is 35.5. The monoisotopic (exact) mass is 344 g/mol. The quantitative estimate of drug-likeness (QED) is 0.624. The molecule has 0 saturated heterocycles. The van der Waals surface area contributed by atoms with Crippen molar-refractivity contribution in [2.75, 3.05) is 5.32 Å². The van der Waals surface area contributed by atoms with Crippen molar-refractivity contribution >= 4 is 34.8 Å². The van der Waals surface area contributed by atoms with E-state index in [1.165, 1.54) is 0 Å². The molecule has 2 N–H and O–H groups in total. The van der Waals surface area contributed by atoms with Crippen LogP contribution in [0.1, 0.15) is 18.9 Å². The number of aromatic nitrogens is 1. The van der Waals surface area contributed by atoms with E-state index >= 15 is 0 Å². The summed E-state index contributed by atoms with van der Waals surface area (Å²) in [6, 6.07) is 10.5. The summed E-state index contributed by atoms with van der Waals surface area (Å²) in [5.74, 6) is -0.486. The van der Waals surface area contributed by atoms with E-state index in [9.17, 15) is 9.59 Å². The van der Waals surface area contributed by atoms with Gasteiger partial charge in [-0.15, -0.1) is 0 Å². The van der Waals surface area contributed by atoms with E-state index in [0.29, 0.717) is 16.4 Å². The summed E-state index contributed by atoms with van der Waals surface area (Å²) in [5, 5.41) is 7.25. The second kappa shape index (κ2) is 8.79. The van der Waals surface area contributed by atoms with Crippen molar-refractivity contribution in [3.05, 3.63) is 59.4 Å². The average Bonchev–Trinajstić information content (AvgIpc) is 2.56. The predicted molar refractivity (Wildman–Crippen MR) is 93.9 cm³/mol. The van der Waals surface area contributed by atoms with Crippen LogP contribution in [-0.2, 0) is 16.0 Å². The molecule has 0 bridgehead atoms. The first-order valence-corrected chi connectivity index (χ1v) is 7.67. The molecule has 1 aromatic carbocycles. The first kappa shape index (κ1) is 17.6. The Bertz CT molecular complexity index is 730. The SMILES string of the molecule is C/C(CC(=O)Nc1cccnc1)=N\NC(=O)Cc1ccc(Cl)cc1. The van der Waals surface area contributed by atoms with Gasteiger partial charge in [-0.2, -0.15) is 5.10 Å². The zero-order chi connectivity index (χ0) is 17.4. The van der Waals surface area contributed by atoms with Gasteiger partial charge in [0.2, 0.25) is 11.8 Å². The van der Waals surface area contributed by atoms with Gasteiger partial charge in [0.1, 0.15) is 0 Å². The van der Waals surface area contributed by atoms with Gasteiger partial charge in [0.25, 0.3) is 0 Å². The van der Waals surface area contributed by atoms with E-state index in [0.717, 1.165) is 5.56 Å². The Kier molecular flexibility index (Phi) is 6.45. The topological polar surface area (TPSA) is 83.4 Å². The van der Waals surface area contributed by atoms with Crippen molar-refractivity contribution in [3.8, 4) is 0 Å². The van der Waals surface area contributed by atoms with Crippen molar-refractivity contribution in [2.45, 2.75) is 19.8 Å². The van der Waals surface area contributed by atoms with Crippen molar-refractivity contribution in [3.63, 3.8) is 0 Å². The number of benzene rings is 1. The maximum atomic E-state index is 11.8. The molecule has 0 aliphatic heterocycles. The third-order valence-electron chi connectivity index (χ3n) is 3.01. The first-order valence-electron chi connectivity index (χ1n) is 7.29. The maximum Gasteiger partial charge on any atom is 0.244 e. The number of rotatable bonds is 6. The van der Waals surface area contributed by atoms with Crippen molar-refractivity contribution in [1.82, 2.24) is 10.4 Å². The van der Waals surface area contributed by atoms with E-state index in [-0.39, 0.29) is 24.7 Å². The third-order valence-corrected chi connectivity index (χ3v) is 3.26. The van der Waals surface area contributed by atoms with Crippen LogP contribution in [0.4, 0.5) is 5.69 Å². The molecule has 0 radical (unpaired) electrons. The molecule has 124 valence electrons. The predicted octanol–water partition coefficient (Wildman–Crippen LogP) is 2.80. The highest BCUT2D eigenvalue weighted by Crippen LogP contribution is 2.09. The van der Waals surface area contributed by atoms with E-state index in [1.807, 2.05) is 0 Å². The Morgan fingerprint density at radius 2 is 1.92 bits per heavy atom. The molecule has 7 heteroatoms. The van der Waals surface area contributed by atoms with Crippen LogP contribution in [0.2, 0.25) is 5.02 Å². The van der Waals surface area contributed by atoms with Gasteiger partial charge in [-0.1, -0.05) is 23.7 Å².